The third-order valence-electron chi connectivity index (χ3n) is 6.55. The second-order valence-electron chi connectivity index (χ2n) is 9.62. The van der Waals surface area contributed by atoms with E-state index in [9.17, 15) is 14.6 Å². The molecule has 1 aliphatic heterocycles. The van der Waals surface area contributed by atoms with E-state index in [4.69, 9.17) is 0 Å². The maximum Gasteiger partial charge on any atom is 0.165 e. The van der Waals surface area contributed by atoms with E-state index < -0.39 is 11.9 Å². The van der Waals surface area contributed by atoms with Crippen LogP contribution in [0.4, 0.5) is 4.39 Å². The lowest BCUT2D eigenvalue weighted by molar-refractivity contribution is 0.0629. The Morgan fingerprint density at radius 3 is 2.69 bits per heavy atom. The van der Waals surface area contributed by atoms with Crippen molar-refractivity contribution in [1.82, 2.24) is 10.2 Å². The molecule has 0 radical (unpaired) electrons. The molecule has 1 aliphatic rings. The van der Waals surface area contributed by atoms with Gasteiger partial charge in [0.15, 0.2) is 11.6 Å². The van der Waals surface area contributed by atoms with Gasteiger partial charge in [0.05, 0.1) is 6.10 Å². The van der Waals surface area contributed by atoms with Crippen LogP contribution in [0, 0.1) is 5.82 Å². The van der Waals surface area contributed by atoms with Gasteiger partial charge in [-0.2, -0.15) is 0 Å². The van der Waals surface area contributed by atoms with Crippen LogP contribution in [0.15, 0.2) is 60.7 Å². The fraction of sp³-hybridized carbons (Fsp3) is 0.407. The fourth-order valence-electron chi connectivity index (χ4n) is 4.83. The lowest BCUT2D eigenvalue weighted by Gasteiger charge is -2.33. The number of nitrogens with zero attached hydrogens (tertiary/aromatic N) is 1. The average molecular weight is 437 g/mol. The van der Waals surface area contributed by atoms with Gasteiger partial charge < -0.3 is 15.5 Å². The highest BCUT2D eigenvalue weighted by Crippen LogP contribution is 2.28. The van der Waals surface area contributed by atoms with Gasteiger partial charge in [0.2, 0.25) is 0 Å². The van der Waals surface area contributed by atoms with E-state index in [0.717, 1.165) is 25.8 Å². The van der Waals surface area contributed by atoms with Crippen LogP contribution in [0.25, 0.3) is 10.8 Å². The predicted molar refractivity (Wildman–Crippen MR) is 127 cm³/mol. The number of aliphatic hydroxyl groups excluding tert-OH is 1. The number of benzene rings is 3. The summed E-state index contributed by atoms with van der Waals surface area (Å²) in [4.78, 5) is 2.15. The lowest BCUT2D eigenvalue weighted by atomic mass is 9.93. The van der Waals surface area contributed by atoms with Gasteiger partial charge in [-0.25, -0.2) is 4.39 Å². The van der Waals surface area contributed by atoms with E-state index in [0.29, 0.717) is 18.7 Å². The molecule has 2 atom stereocenters. The number of nitrogens with one attached hydrogen (secondary N) is 1. The zero-order valence-corrected chi connectivity index (χ0v) is 18.9. The lowest BCUT2D eigenvalue weighted by Crippen LogP contribution is -2.50. The van der Waals surface area contributed by atoms with Gasteiger partial charge in [0.25, 0.3) is 0 Å². The van der Waals surface area contributed by atoms with E-state index >= 15 is 0 Å². The third kappa shape index (κ3) is 5.29. The Morgan fingerprint density at radius 1 is 1.09 bits per heavy atom. The normalized spacial score (nSPS) is 18.3. The molecule has 0 amide bonds. The smallest absolute Gasteiger partial charge is 0.165 e. The molecule has 3 N–H and O–H groups in total. The molecule has 32 heavy (non-hydrogen) atoms. The molecule has 0 bridgehead atoms. The van der Waals surface area contributed by atoms with Crippen molar-refractivity contribution < 1.29 is 14.6 Å². The van der Waals surface area contributed by atoms with Gasteiger partial charge in [-0.1, -0.05) is 54.6 Å². The number of aliphatic hydroxyl groups is 1. The summed E-state index contributed by atoms with van der Waals surface area (Å²) in [6.07, 6.45) is 2.20. The maximum absolute atomic E-state index is 13.7. The monoisotopic (exact) mass is 436 g/mol. The Bertz CT molecular complexity index is 1070. The van der Waals surface area contributed by atoms with Crippen molar-refractivity contribution in [3.63, 3.8) is 0 Å². The molecular formula is C27H33FN2O2. The number of fused-ring (bicyclic) bond motifs is 1. The Hall–Kier alpha value is -2.47. The summed E-state index contributed by atoms with van der Waals surface area (Å²) >= 11 is 0. The molecule has 1 fully saturated rings. The van der Waals surface area contributed by atoms with Crippen LogP contribution in [0.2, 0.25) is 0 Å². The van der Waals surface area contributed by atoms with Crippen molar-refractivity contribution in [2.24, 2.45) is 0 Å². The van der Waals surface area contributed by atoms with Crippen LogP contribution in [0.3, 0.4) is 0 Å². The second-order valence-corrected chi connectivity index (χ2v) is 9.62. The minimum atomic E-state index is -0.601. The Kier molecular flexibility index (Phi) is 6.79. The molecule has 5 heteroatoms. The summed E-state index contributed by atoms with van der Waals surface area (Å²) < 4.78 is 13.7. The van der Waals surface area contributed by atoms with E-state index in [1.54, 1.807) is 12.1 Å². The van der Waals surface area contributed by atoms with Crippen molar-refractivity contribution in [1.29, 1.82) is 0 Å². The number of rotatable bonds is 8. The zero-order valence-electron chi connectivity index (χ0n) is 18.9. The van der Waals surface area contributed by atoms with Gasteiger partial charge in [0, 0.05) is 30.2 Å². The standard InChI is InChI=1S/C27H33FN2O2/c1-27(2,16-19-12-13-20-7-3-4-8-21(20)15-19)29-17-25(31)24-11-6-14-30(24)18-22-9-5-10-23(28)26(22)32/h3-5,7-10,12-13,15,24-25,29,31-32H,6,11,14,16-18H2,1-2H3/t24?,25-/m1/s1. The molecule has 0 aliphatic carbocycles. The predicted octanol–water partition coefficient (Wildman–Crippen LogP) is 4.62. The van der Waals surface area contributed by atoms with E-state index in [-0.39, 0.29) is 17.3 Å². The number of halogens is 1. The van der Waals surface area contributed by atoms with E-state index in [2.05, 4.69) is 66.5 Å². The highest BCUT2D eigenvalue weighted by atomic mass is 19.1. The average Bonchev–Trinajstić information content (AvgIpc) is 3.23. The third-order valence-corrected chi connectivity index (χ3v) is 6.55. The number of para-hydroxylation sites is 1. The van der Waals surface area contributed by atoms with Crippen LogP contribution < -0.4 is 5.32 Å². The van der Waals surface area contributed by atoms with Gasteiger partial charge in [-0.3, -0.25) is 4.90 Å². The molecule has 3 aromatic carbocycles. The van der Waals surface area contributed by atoms with E-state index in [1.165, 1.54) is 22.4 Å². The largest absolute Gasteiger partial charge is 0.505 e. The minimum Gasteiger partial charge on any atom is -0.505 e. The molecule has 170 valence electrons. The van der Waals surface area contributed by atoms with Crippen LogP contribution in [-0.2, 0) is 13.0 Å². The SMILES string of the molecule is CC(C)(Cc1ccc2ccccc2c1)NC[C@@H](O)C1CCCN1Cc1cccc(F)c1O. The topological polar surface area (TPSA) is 55.7 Å². The van der Waals surface area contributed by atoms with Crippen molar-refractivity contribution in [2.45, 2.75) is 57.3 Å². The van der Waals surface area contributed by atoms with E-state index in [1.807, 2.05) is 0 Å². The van der Waals surface area contributed by atoms with Gasteiger partial charge in [0.1, 0.15) is 0 Å². The molecule has 0 spiro atoms. The van der Waals surface area contributed by atoms with Crippen molar-refractivity contribution >= 4 is 10.8 Å². The summed E-state index contributed by atoms with van der Waals surface area (Å²) in [5.74, 6) is -0.891. The number of β-amino-alcohol motifs (C(OH)–C–C–N with tert-alkyl or cyclic N) is 1. The summed E-state index contributed by atoms with van der Waals surface area (Å²) in [5.41, 5.74) is 1.65. The number of likely N-dealkylation sites (tertiary alicyclic amines) is 1. The molecule has 1 heterocycles. The molecule has 1 unspecified atom stereocenters. The quantitative estimate of drug-likeness (QED) is 0.482. The first-order valence-corrected chi connectivity index (χ1v) is 11.4. The number of phenolic OH excluding ortho intramolecular Hbond substituents is 1. The highest BCUT2D eigenvalue weighted by molar-refractivity contribution is 5.83. The summed E-state index contributed by atoms with van der Waals surface area (Å²) in [6.45, 7) is 6.07. The van der Waals surface area contributed by atoms with Gasteiger partial charge >= 0.3 is 0 Å². The van der Waals surface area contributed by atoms with Gasteiger partial charge in [-0.05, 0) is 62.1 Å². The number of phenols is 1. The molecule has 0 aromatic heterocycles. The van der Waals surface area contributed by atoms with Crippen molar-refractivity contribution in [3.8, 4) is 5.75 Å². The number of aromatic hydroxyl groups is 1. The molecular weight excluding hydrogens is 403 g/mol. The van der Waals surface area contributed by atoms with Crippen molar-refractivity contribution in [2.75, 3.05) is 13.1 Å². The van der Waals surface area contributed by atoms with Crippen molar-refractivity contribution in [3.05, 3.63) is 77.6 Å². The van der Waals surface area contributed by atoms with Crippen LogP contribution in [-0.4, -0.2) is 45.9 Å². The molecule has 1 saturated heterocycles. The minimum absolute atomic E-state index is 0.0124. The summed E-state index contributed by atoms with van der Waals surface area (Å²) in [6, 6.07) is 19.5. The fourth-order valence-corrected chi connectivity index (χ4v) is 4.83. The molecule has 0 saturated carbocycles. The van der Waals surface area contributed by atoms with Crippen LogP contribution >= 0.6 is 0 Å². The molecule has 4 rings (SSSR count). The zero-order chi connectivity index (χ0) is 22.7. The second kappa shape index (κ2) is 9.57. The maximum atomic E-state index is 13.7. The Labute approximate surface area is 189 Å². The first-order valence-electron chi connectivity index (χ1n) is 11.4. The first-order chi connectivity index (χ1) is 15.3. The summed E-state index contributed by atoms with van der Waals surface area (Å²) in [5, 5.41) is 27.0. The molecule has 4 nitrogen and oxygen atoms in total. The number of hydrogen-bond acceptors (Lipinski definition) is 4. The van der Waals surface area contributed by atoms with Crippen LogP contribution in [0.5, 0.6) is 5.75 Å². The van der Waals surface area contributed by atoms with Gasteiger partial charge in [-0.15, -0.1) is 0 Å². The Balaban J connectivity index is 1.35. The Morgan fingerprint density at radius 2 is 1.88 bits per heavy atom. The van der Waals surface area contributed by atoms with Crippen LogP contribution in [0.1, 0.15) is 37.8 Å². The first kappa shape index (κ1) is 22.7. The highest BCUT2D eigenvalue weighted by Gasteiger charge is 2.32. The molecule has 3 aromatic rings. The number of hydrogen-bond donors (Lipinski definition) is 3. The summed E-state index contributed by atoms with van der Waals surface area (Å²) in [7, 11) is 0.